The zero-order chi connectivity index (χ0) is 13.4. The van der Waals surface area contributed by atoms with E-state index in [0.717, 1.165) is 11.1 Å². The summed E-state index contributed by atoms with van der Waals surface area (Å²) in [5.74, 6) is -0.478. The summed E-state index contributed by atoms with van der Waals surface area (Å²) >= 11 is 0. The van der Waals surface area contributed by atoms with Gasteiger partial charge in [-0.15, -0.1) is 0 Å². The zero-order valence-corrected chi connectivity index (χ0v) is 10.9. The molecule has 4 heteroatoms. The molecule has 2 amide bonds. The van der Waals surface area contributed by atoms with Crippen molar-refractivity contribution in [2.75, 3.05) is 6.54 Å². The lowest BCUT2D eigenvalue weighted by atomic mass is 9.99. The van der Waals surface area contributed by atoms with Crippen molar-refractivity contribution in [1.82, 2.24) is 4.90 Å². The minimum atomic E-state index is -0.517. The third kappa shape index (κ3) is 1.93. The normalized spacial score (nSPS) is 16.1. The minimum absolute atomic E-state index is 0.239. The molecule has 0 aromatic heterocycles. The molecule has 18 heavy (non-hydrogen) atoms. The highest BCUT2D eigenvalue weighted by Gasteiger charge is 2.37. The van der Waals surface area contributed by atoms with Gasteiger partial charge in [0, 0.05) is 6.54 Å². The Kier molecular flexibility index (Phi) is 3.22. The van der Waals surface area contributed by atoms with Gasteiger partial charge in [0.05, 0.1) is 17.2 Å². The average Bonchev–Trinajstić information content (AvgIpc) is 2.55. The maximum atomic E-state index is 12.2. The quantitative estimate of drug-likeness (QED) is 0.827. The maximum Gasteiger partial charge on any atom is 0.261 e. The number of aliphatic hydroxyl groups is 1. The number of hydrogen-bond acceptors (Lipinski definition) is 3. The Morgan fingerprint density at radius 1 is 1.11 bits per heavy atom. The summed E-state index contributed by atoms with van der Waals surface area (Å²) in [5, 5.41) is 9.26. The Balaban J connectivity index is 2.38. The molecule has 1 N–H and O–H groups in total. The molecule has 1 heterocycles. The van der Waals surface area contributed by atoms with Crippen LogP contribution in [-0.2, 0) is 0 Å². The number of fused-ring (bicyclic) bond motifs is 1. The van der Waals surface area contributed by atoms with Gasteiger partial charge in [-0.2, -0.15) is 0 Å². The van der Waals surface area contributed by atoms with Crippen LogP contribution in [0.5, 0.6) is 0 Å². The molecule has 1 aliphatic rings. The number of nitrogens with zero attached hydrogens (tertiary/aromatic N) is 1. The molecule has 1 aliphatic heterocycles. The fourth-order valence-corrected chi connectivity index (χ4v) is 2.24. The number of imide groups is 1. The van der Waals surface area contributed by atoms with Gasteiger partial charge in [0.25, 0.3) is 11.8 Å². The molecule has 0 radical (unpaired) electrons. The van der Waals surface area contributed by atoms with Crippen LogP contribution in [0.15, 0.2) is 12.1 Å². The molecule has 0 fully saturated rings. The van der Waals surface area contributed by atoms with Crippen LogP contribution in [0.2, 0.25) is 0 Å². The van der Waals surface area contributed by atoms with Crippen LogP contribution in [0.3, 0.4) is 0 Å². The Labute approximate surface area is 106 Å². The van der Waals surface area contributed by atoms with E-state index >= 15 is 0 Å². The Morgan fingerprint density at radius 2 is 1.56 bits per heavy atom. The van der Waals surface area contributed by atoms with Crippen LogP contribution in [0, 0.1) is 13.8 Å². The van der Waals surface area contributed by atoms with E-state index in [2.05, 4.69) is 0 Å². The molecule has 2 rings (SSSR count). The van der Waals surface area contributed by atoms with E-state index < -0.39 is 6.10 Å². The molecule has 1 unspecified atom stereocenters. The van der Waals surface area contributed by atoms with Gasteiger partial charge >= 0.3 is 0 Å². The molecular formula is C14H17NO3. The van der Waals surface area contributed by atoms with Crippen LogP contribution in [-0.4, -0.2) is 34.5 Å². The van der Waals surface area contributed by atoms with Crippen molar-refractivity contribution in [2.24, 2.45) is 0 Å². The van der Waals surface area contributed by atoms with Gasteiger partial charge < -0.3 is 5.11 Å². The van der Waals surface area contributed by atoms with E-state index in [1.807, 2.05) is 26.0 Å². The molecule has 0 spiro atoms. The van der Waals surface area contributed by atoms with E-state index in [4.69, 9.17) is 0 Å². The first-order chi connectivity index (χ1) is 8.43. The maximum absolute atomic E-state index is 12.2. The third-order valence-electron chi connectivity index (χ3n) is 3.31. The number of amides is 2. The lowest BCUT2D eigenvalue weighted by Crippen LogP contribution is -2.32. The Morgan fingerprint density at radius 3 is 1.94 bits per heavy atom. The Bertz CT molecular complexity index is 479. The largest absolute Gasteiger partial charge is 0.393 e. The number of aryl methyl sites for hydroxylation is 2. The van der Waals surface area contributed by atoms with Crippen LogP contribution >= 0.6 is 0 Å². The summed E-state index contributed by atoms with van der Waals surface area (Å²) in [5.41, 5.74) is 2.69. The van der Waals surface area contributed by atoms with Crippen molar-refractivity contribution in [3.63, 3.8) is 0 Å². The van der Waals surface area contributed by atoms with Crippen molar-refractivity contribution < 1.29 is 14.7 Å². The number of rotatable bonds is 3. The zero-order valence-electron chi connectivity index (χ0n) is 10.9. The summed E-state index contributed by atoms with van der Waals surface area (Å²) in [6, 6.07) is 3.72. The van der Waals surface area contributed by atoms with Gasteiger partial charge in [-0.3, -0.25) is 14.5 Å². The van der Waals surface area contributed by atoms with Crippen LogP contribution in [0.25, 0.3) is 0 Å². The highest BCUT2D eigenvalue weighted by Crippen LogP contribution is 2.28. The van der Waals surface area contributed by atoms with Crippen molar-refractivity contribution in [1.29, 1.82) is 0 Å². The second kappa shape index (κ2) is 4.53. The first-order valence-corrected chi connectivity index (χ1v) is 6.08. The van der Waals surface area contributed by atoms with Crippen molar-refractivity contribution in [2.45, 2.75) is 33.3 Å². The van der Waals surface area contributed by atoms with E-state index in [1.54, 1.807) is 6.92 Å². The summed E-state index contributed by atoms with van der Waals surface area (Å²) in [4.78, 5) is 25.7. The SMILES string of the molecule is Cc1ccc(C)c2c1C(=O)N(CCC(C)O)C2=O. The van der Waals surface area contributed by atoms with E-state index in [1.165, 1.54) is 4.90 Å². The van der Waals surface area contributed by atoms with Crippen LogP contribution < -0.4 is 0 Å². The second-order valence-corrected chi connectivity index (χ2v) is 4.85. The van der Waals surface area contributed by atoms with Gasteiger partial charge in [-0.1, -0.05) is 12.1 Å². The fraction of sp³-hybridized carbons (Fsp3) is 0.429. The highest BCUT2D eigenvalue weighted by molar-refractivity contribution is 6.22. The topological polar surface area (TPSA) is 57.6 Å². The molecule has 0 bridgehead atoms. The third-order valence-corrected chi connectivity index (χ3v) is 3.31. The van der Waals surface area contributed by atoms with Gasteiger partial charge in [-0.25, -0.2) is 0 Å². The minimum Gasteiger partial charge on any atom is -0.393 e. The van der Waals surface area contributed by atoms with Crippen molar-refractivity contribution in [3.8, 4) is 0 Å². The molecular weight excluding hydrogens is 230 g/mol. The molecule has 0 aliphatic carbocycles. The van der Waals surface area contributed by atoms with Crippen molar-refractivity contribution in [3.05, 3.63) is 34.4 Å². The molecule has 1 aromatic carbocycles. The first kappa shape index (κ1) is 12.8. The predicted octanol–water partition coefficient (Wildman–Crippen LogP) is 1.67. The number of aliphatic hydroxyl groups excluding tert-OH is 1. The molecule has 4 nitrogen and oxygen atoms in total. The van der Waals surface area contributed by atoms with Crippen LogP contribution in [0.4, 0.5) is 0 Å². The summed E-state index contributed by atoms with van der Waals surface area (Å²) in [6.07, 6.45) is -0.111. The highest BCUT2D eigenvalue weighted by atomic mass is 16.3. The van der Waals surface area contributed by atoms with Crippen molar-refractivity contribution >= 4 is 11.8 Å². The molecule has 1 aromatic rings. The molecule has 0 saturated heterocycles. The smallest absolute Gasteiger partial charge is 0.261 e. The number of hydrogen-bond donors (Lipinski definition) is 1. The van der Waals surface area contributed by atoms with Gasteiger partial charge in [-0.05, 0) is 38.3 Å². The summed E-state index contributed by atoms with van der Waals surface area (Å²) < 4.78 is 0. The molecule has 1 atom stereocenters. The standard InChI is InChI=1S/C14H17NO3/c1-8-4-5-9(2)12-11(8)13(17)15(14(12)18)7-6-10(3)16/h4-5,10,16H,6-7H2,1-3H3. The molecule has 0 saturated carbocycles. The average molecular weight is 247 g/mol. The number of benzene rings is 1. The number of carbonyl (C=O) groups excluding carboxylic acids is 2. The summed E-state index contributed by atoms with van der Waals surface area (Å²) in [6.45, 7) is 5.58. The monoisotopic (exact) mass is 247 g/mol. The van der Waals surface area contributed by atoms with Crippen LogP contribution in [0.1, 0.15) is 45.2 Å². The second-order valence-electron chi connectivity index (χ2n) is 4.85. The predicted molar refractivity (Wildman–Crippen MR) is 67.6 cm³/mol. The molecule has 96 valence electrons. The summed E-state index contributed by atoms with van der Waals surface area (Å²) in [7, 11) is 0. The fourth-order valence-electron chi connectivity index (χ4n) is 2.24. The first-order valence-electron chi connectivity index (χ1n) is 6.08. The lowest BCUT2D eigenvalue weighted by Gasteiger charge is -2.14. The van der Waals surface area contributed by atoms with E-state index in [-0.39, 0.29) is 18.4 Å². The van der Waals surface area contributed by atoms with Gasteiger partial charge in [0.1, 0.15) is 0 Å². The van der Waals surface area contributed by atoms with E-state index in [9.17, 15) is 14.7 Å². The Hall–Kier alpha value is -1.68. The van der Waals surface area contributed by atoms with Gasteiger partial charge in [0.2, 0.25) is 0 Å². The number of carbonyl (C=O) groups is 2. The van der Waals surface area contributed by atoms with E-state index in [0.29, 0.717) is 17.5 Å². The lowest BCUT2D eigenvalue weighted by molar-refractivity contribution is 0.0628. The van der Waals surface area contributed by atoms with Gasteiger partial charge in [0.15, 0.2) is 0 Å².